The molecule has 0 spiro atoms. The molecule has 1 fully saturated rings. The van der Waals surface area contributed by atoms with Crippen molar-refractivity contribution in [1.29, 1.82) is 0 Å². The molecule has 1 aromatic carbocycles. The molecule has 6 nitrogen and oxygen atoms in total. The lowest BCUT2D eigenvalue weighted by molar-refractivity contribution is 0.103. The van der Waals surface area contributed by atoms with Crippen LogP contribution in [0.15, 0.2) is 35.0 Å². The van der Waals surface area contributed by atoms with Crippen molar-refractivity contribution in [3.63, 3.8) is 0 Å². The van der Waals surface area contributed by atoms with Crippen LogP contribution in [0.4, 0.5) is 10.5 Å². The number of amides is 1. The van der Waals surface area contributed by atoms with Crippen molar-refractivity contribution in [3.05, 3.63) is 47.3 Å². The number of hydrogen-bond acceptors (Lipinski definition) is 5. The molecule has 2 aromatic rings. The van der Waals surface area contributed by atoms with E-state index in [0.717, 1.165) is 17.3 Å². The van der Waals surface area contributed by atoms with E-state index in [1.54, 1.807) is 25.1 Å². The first-order valence-electron chi connectivity index (χ1n) is 7.91. The van der Waals surface area contributed by atoms with Crippen LogP contribution in [-0.4, -0.2) is 22.6 Å². The first-order chi connectivity index (χ1) is 12.0. The molecule has 1 unspecified atom stereocenters. The lowest BCUT2D eigenvalue weighted by Crippen LogP contribution is -2.25. The summed E-state index contributed by atoms with van der Waals surface area (Å²) in [7, 11) is 0. The van der Waals surface area contributed by atoms with E-state index in [1.165, 1.54) is 12.3 Å². The Morgan fingerprint density at radius 3 is 2.88 bits per heavy atom. The van der Waals surface area contributed by atoms with Gasteiger partial charge in [-0.1, -0.05) is 35.8 Å². The molecular formula is C17H16Cl2N2O4. The molecule has 1 aliphatic carbocycles. The lowest BCUT2D eigenvalue weighted by Gasteiger charge is -2.16. The number of carbonyl (C=O) groups is 2. The summed E-state index contributed by atoms with van der Waals surface area (Å²) in [6.45, 7) is 1.78. The van der Waals surface area contributed by atoms with Crippen LogP contribution in [-0.2, 0) is 4.74 Å². The molecule has 8 heteroatoms. The average molecular weight is 383 g/mol. The van der Waals surface area contributed by atoms with Gasteiger partial charge in [0, 0.05) is 23.3 Å². The Hall–Kier alpha value is -2.05. The van der Waals surface area contributed by atoms with Crippen LogP contribution in [0.25, 0.3) is 0 Å². The van der Waals surface area contributed by atoms with E-state index >= 15 is 0 Å². The van der Waals surface area contributed by atoms with Gasteiger partial charge in [-0.05, 0) is 31.4 Å². The summed E-state index contributed by atoms with van der Waals surface area (Å²) in [5, 5.41) is 3.74. The second-order valence-corrected chi connectivity index (χ2v) is 6.57. The Bertz CT molecular complexity index is 788. The lowest BCUT2D eigenvalue weighted by atomic mass is 10.0. The number of halogens is 2. The molecule has 1 aliphatic rings. The minimum absolute atomic E-state index is 0.229. The second-order valence-electron chi connectivity index (χ2n) is 5.74. The van der Waals surface area contributed by atoms with Gasteiger partial charge in [-0.25, -0.2) is 4.79 Å². The van der Waals surface area contributed by atoms with Crippen LogP contribution < -0.4 is 4.42 Å². The van der Waals surface area contributed by atoms with Gasteiger partial charge in [-0.3, -0.25) is 4.79 Å². The zero-order valence-corrected chi connectivity index (χ0v) is 15.0. The number of ketones is 1. The quantitative estimate of drug-likeness (QED) is 0.405. The van der Waals surface area contributed by atoms with Gasteiger partial charge in [0.05, 0.1) is 17.4 Å². The largest absolute Gasteiger partial charge is 0.430 e. The zero-order valence-electron chi connectivity index (χ0n) is 13.4. The highest BCUT2D eigenvalue weighted by molar-refractivity contribution is 6.36. The van der Waals surface area contributed by atoms with Crippen molar-refractivity contribution in [3.8, 4) is 0 Å². The standard InChI is InChI=1S/C17H16Cl2N2O4/c1-2-14(18)24-17(23)21(19)12-5-3-4-11(8-12)15(22)13-9-20-25-16(13)10-6-7-10/h3-5,8-10,14H,2,6-7H2,1H3. The summed E-state index contributed by atoms with van der Waals surface area (Å²) in [5.74, 6) is 0.650. The topological polar surface area (TPSA) is 72.6 Å². The maximum Gasteiger partial charge on any atom is 0.430 e. The van der Waals surface area contributed by atoms with E-state index < -0.39 is 11.7 Å². The van der Waals surface area contributed by atoms with Crippen molar-refractivity contribution in [2.45, 2.75) is 37.7 Å². The van der Waals surface area contributed by atoms with Crippen LogP contribution in [0.5, 0.6) is 0 Å². The number of anilines is 1. The Balaban J connectivity index is 1.80. The van der Waals surface area contributed by atoms with Crippen LogP contribution in [0.3, 0.4) is 0 Å². The number of carbonyl (C=O) groups excluding carboxylic acids is 2. The Morgan fingerprint density at radius 2 is 2.20 bits per heavy atom. The predicted molar refractivity (Wildman–Crippen MR) is 93.1 cm³/mol. The highest BCUT2D eigenvalue weighted by atomic mass is 35.5. The molecule has 0 bridgehead atoms. The molecule has 1 atom stereocenters. The molecular weight excluding hydrogens is 367 g/mol. The van der Waals surface area contributed by atoms with Crippen molar-refractivity contribution in [2.24, 2.45) is 0 Å². The predicted octanol–water partition coefficient (Wildman–Crippen LogP) is 4.85. The summed E-state index contributed by atoms with van der Waals surface area (Å²) in [6, 6.07) is 6.38. The first kappa shape index (κ1) is 17.8. The molecule has 0 saturated heterocycles. The number of hydrogen-bond donors (Lipinski definition) is 0. The van der Waals surface area contributed by atoms with Gasteiger partial charge in [0.1, 0.15) is 0 Å². The summed E-state index contributed by atoms with van der Waals surface area (Å²) < 4.78 is 11.0. The minimum Gasteiger partial charge on any atom is -0.429 e. The highest BCUT2D eigenvalue weighted by Gasteiger charge is 2.32. The Labute approximate surface area is 154 Å². The smallest absolute Gasteiger partial charge is 0.429 e. The number of rotatable bonds is 6. The number of benzene rings is 1. The van der Waals surface area contributed by atoms with Crippen molar-refractivity contribution in [1.82, 2.24) is 5.16 Å². The van der Waals surface area contributed by atoms with Gasteiger partial charge >= 0.3 is 6.09 Å². The van der Waals surface area contributed by atoms with Gasteiger partial charge < -0.3 is 9.26 Å². The molecule has 0 radical (unpaired) electrons. The molecule has 1 aromatic heterocycles. The number of aromatic nitrogens is 1. The Morgan fingerprint density at radius 1 is 1.44 bits per heavy atom. The zero-order chi connectivity index (χ0) is 18.0. The third kappa shape index (κ3) is 3.96. The fourth-order valence-corrected chi connectivity index (χ4v) is 2.55. The van der Waals surface area contributed by atoms with E-state index in [1.807, 2.05) is 0 Å². The highest BCUT2D eigenvalue weighted by Crippen LogP contribution is 2.42. The van der Waals surface area contributed by atoms with Crippen molar-refractivity contribution >= 4 is 40.9 Å². The van der Waals surface area contributed by atoms with Crippen LogP contribution in [0, 0.1) is 0 Å². The van der Waals surface area contributed by atoms with Crippen LogP contribution in [0.1, 0.15) is 53.8 Å². The van der Waals surface area contributed by atoms with E-state index in [-0.39, 0.29) is 11.7 Å². The first-order valence-corrected chi connectivity index (χ1v) is 8.68. The summed E-state index contributed by atoms with van der Waals surface area (Å²) in [4.78, 5) is 24.7. The third-order valence-corrected chi connectivity index (χ3v) is 4.57. The van der Waals surface area contributed by atoms with Crippen molar-refractivity contribution < 1.29 is 18.8 Å². The second kappa shape index (κ2) is 7.45. The van der Waals surface area contributed by atoms with E-state index in [4.69, 9.17) is 32.6 Å². The molecule has 25 heavy (non-hydrogen) atoms. The normalized spacial score (nSPS) is 14.8. The van der Waals surface area contributed by atoms with Crippen LogP contribution >= 0.6 is 23.4 Å². The summed E-state index contributed by atoms with van der Waals surface area (Å²) >= 11 is 11.8. The molecule has 0 aliphatic heterocycles. The molecule has 1 amide bonds. The minimum atomic E-state index is -0.809. The van der Waals surface area contributed by atoms with Crippen LogP contribution in [0.2, 0.25) is 0 Å². The van der Waals surface area contributed by atoms with E-state index in [0.29, 0.717) is 29.0 Å². The molecule has 1 heterocycles. The van der Waals surface area contributed by atoms with Gasteiger partial charge in [0.15, 0.2) is 17.1 Å². The SMILES string of the molecule is CCC(Cl)OC(=O)N(Cl)c1cccc(C(=O)c2cnoc2C2CC2)c1. The summed E-state index contributed by atoms with van der Waals surface area (Å²) in [6.07, 6.45) is 3.06. The number of alkyl halides is 1. The number of nitrogens with zero attached hydrogens (tertiary/aromatic N) is 2. The van der Waals surface area contributed by atoms with E-state index in [9.17, 15) is 9.59 Å². The van der Waals surface area contributed by atoms with E-state index in [2.05, 4.69) is 5.16 Å². The average Bonchev–Trinajstić information content (AvgIpc) is 3.36. The molecule has 132 valence electrons. The summed E-state index contributed by atoms with van der Waals surface area (Å²) in [5.41, 5.74) is 0.354. The third-order valence-electron chi connectivity index (χ3n) is 3.84. The maximum atomic E-state index is 12.7. The van der Waals surface area contributed by atoms with Gasteiger partial charge in [0.25, 0.3) is 0 Å². The molecule has 0 N–H and O–H groups in total. The van der Waals surface area contributed by atoms with Gasteiger partial charge in [-0.2, -0.15) is 4.42 Å². The van der Waals surface area contributed by atoms with Gasteiger partial charge in [0.2, 0.25) is 0 Å². The fraction of sp³-hybridized carbons (Fsp3) is 0.353. The van der Waals surface area contributed by atoms with Crippen molar-refractivity contribution in [2.75, 3.05) is 4.42 Å². The molecule has 1 saturated carbocycles. The Kier molecular flexibility index (Phi) is 5.30. The monoisotopic (exact) mass is 382 g/mol. The number of ether oxygens (including phenoxy) is 1. The van der Waals surface area contributed by atoms with Gasteiger partial charge in [-0.15, -0.1) is 0 Å². The molecule has 3 rings (SSSR count). The fourth-order valence-electron chi connectivity index (χ4n) is 2.33. The maximum absolute atomic E-state index is 12.7.